The number of esters is 1. The fourth-order valence-electron chi connectivity index (χ4n) is 10.7. The Labute approximate surface area is 233 Å². The molecule has 214 valence electrons. The van der Waals surface area contributed by atoms with Gasteiger partial charge in [-0.2, -0.15) is 0 Å². The van der Waals surface area contributed by atoms with Crippen molar-refractivity contribution in [2.75, 3.05) is 13.7 Å². The van der Waals surface area contributed by atoms with Crippen LogP contribution in [0, 0.1) is 40.9 Å². The second-order valence-corrected chi connectivity index (χ2v) is 14.7. The molecule has 0 aromatic carbocycles. The van der Waals surface area contributed by atoms with E-state index in [0.29, 0.717) is 47.1 Å². The fraction of sp³-hybridized carbons (Fsp3) is 0.844. The van der Waals surface area contributed by atoms with E-state index in [9.17, 15) is 4.79 Å². The Balaban J connectivity index is 1.09. The molecule has 7 nitrogen and oxygen atoms in total. The number of allylic oxidation sites excluding steroid dienone is 1. The molecule has 3 saturated carbocycles. The van der Waals surface area contributed by atoms with Gasteiger partial charge in [-0.25, -0.2) is 9.48 Å². The van der Waals surface area contributed by atoms with E-state index >= 15 is 0 Å². The van der Waals surface area contributed by atoms with Crippen LogP contribution >= 0.6 is 0 Å². The summed E-state index contributed by atoms with van der Waals surface area (Å²) in [5.74, 6) is 4.00. The number of methoxy groups -OCH3 is 1. The van der Waals surface area contributed by atoms with Gasteiger partial charge in [0.15, 0.2) is 5.69 Å². The predicted octanol–water partition coefficient (Wildman–Crippen LogP) is 5.73. The first-order valence-electron chi connectivity index (χ1n) is 15.8. The van der Waals surface area contributed by atoms with Gasteiger partial charge in [-0.05, 0) is 113 Å². The summed E-state index contributed by atoms with van der Waals surface area (Å²) in [6.45, 7) is 11.1. The molecular weight excluding hydrogens is 488 g/mol. The summed E-state index contributed by atoms with van der Waals surface area (Å²) in [6.07, 6.45) is 14.6. The number of fused-ring (bicyclic) bond motifs is 6. The average Bonchev–Trinajstić information content (AvgIpc) is 3.60. The summed E-state index contributed by atoms with van der Waals surface area (Å²) in [7, 11) is 1.40. The van der Waals surface area contributed by atoms with E-state index in [1.165, 1.54) is 52.1 Å². The summed E-state index contributed by atoms with van der Waals surface area (Å²) in [6, 6.07) is 0.863. The highest BCUT2D eigenvalue weighted by Crippen LogP contribution is 2.66. The van der Waals surface area contributed by atoms with Crippen LogP contribution in [0.2, 0.25) is 0 Å². The molecule has 2 saturated heterocycles. The summed E-state index contributed by atoms with van der Waals surface area (Å²) in [5.41, 5.74) is 4.22. The molecule has 1 aromatic heterocycles. The van der Waals surface area contributed by atoms with Crippen molar-refractivity contribution in [3.63, 3.8) is 0 Å². The van der Waals surface area contributed by atoms with Crippen LogP contribution in [-0.4, -0.2) is 52.4 Å². The molecule has 1 aromatic rings. The monoisotopic (exact) mass is 536 g/mol. The maximum atomic E-state index is 11.9. The number of carbonyl (C=O) groups excluding carboxylic acids is 1. The molecule has 1 N–H and O–H groups in total. The Hall–Kier alpha value is -1.73. The molecule has 1 unspecified atom stereocenters. The Morgan fingerprint density at radius 3 is 2.85 bits per heavy atom. The van der Waals surface area contributed by atoms with Crippen LogP contribution in [0.1, 0.15) is 108 Å². The van der Waals surface area contributed by atoms with Crippen LogP contribution in [0.25, 0.3) is 0 Å². The van der Waals surface area contributed by atoms with Gasteiger partial charge in [-0.3, -0.25) is 0 Å². The van der Waals surface area contributed by atoms with E-state index in [1.807, 2.05) is 10.3 Å². The molecule has 0 radical (unpaired) electrons. The van der Waals surface area contributed by atoms with Crippen molar-refractivity contribution < 1.29 is 14.3 Å². The zero-order valence-electron chi connectivity index (χ0n) is 24.6. The largest absolute Gasteiger partial charge is 0.464 e. The van der Waals surface area contributed by atoms with Crippen LogP contribution in [0.15, 0.2) is 17.3 Å². The van der Waals surface area contributed by atoms with E-state index in [-0.39, 0.29) is 5.60 Å². The molecule has 6 aliphatic rings. The Morgan fingerprint density at radius 1 is 1.18 bits per heavy atom. The quantitative estimate of drug-likeness (QED) is 0.384. The number of carbonyl (C=O) groups is 1. The van der Waals surface area contributed by atoms with Gasteiger partial charge in [0, 0.05) is 12.0 Å². The average molecular weight is 537 g/mol. The first-order valence-corrected chi connectivity index (χ1v) is 15.8. The van der Waals surface area contributed by atoms with E-state index < -0.39 is 5.97 Å². The fourth-order valence-corrected chi connectivity index (χ4v) is 10.7. The number of piperidine rings is 1. The molecule has 1 spiro atoms. The molecule has 11 atom stereocenters. The lowest BCUT2D eigenvalue weighted by Crippen LogP contribution is -2.48. The van der Waals surface area contributed by atoms with E-state index in [1.54, 1.807) is 11.8 Å². The third-order valence-electron chi connectivity index (χ3n) is 12.9. The van der Waals surface area contributed by atoms with Crippen molar-refractivity contribution >= 4 is 5.97 Å². The van der Waals surface area contributed by atoms with Crippen molar-refractivity contribution in [2.24, 2.45) is 40.9 Å². The van der Waals surface area contributed by atoms with Crippen molar-refractivity contribution in [3.8, 4) is 0 Å². The molecule has 4 aliphatic carbocycles. The topological polar surface area (TPSA) is 78.3 Å². The first-order chi connectivity index (χ1) is 18.7. The van der Waals surface area contributed by atoms with Crippen molar-refractivity contribution in [1.29, 1.82) is 0 Å². The molecule has 7 heteroatoms. The maximum Gasteiger partial charge on any atom is 0.360 e. The molecule has 5 fully saturated rings. The third kappa shape index (κ3) is 3.99. The Morgan fingerprint density at radius 2 is 2.03 bits per heavy atom. The van der Waals surface area contributed by atoms with Crippen LogP contribution in [0.3, 0.4) is 0 Å². The molecule has 7 rings (SSSR count). The van der Waals surface area contributed by atoms with Crippen molar-refractivity contribution in [3.05, 3.63) is 23.0 Å². The first kappa shape index (κ1) is 26.2. The van der Waals surface area contributed by atoms with E-state index in [2.05, 4.69) is 43.3 Å². The zero-order valence-corrected chi connectivity index (χ0v) is 24.6. The predicted molar refractivity (Wildman–Crippen MR) is 149 cm³/mol. The normalized spacial score (nSPS) is 47.3. The third-order valence-corrected chi connectivity index (χ3v) is 12.9. The lowest BCUT2D eigenvalue weighted by molar-refractivity contribution is -0.0753. The van der Waals surface area contributed by atoms with Crippen LogP contribution in [0.5, 0.6) is 0 Å². The van der Waals surface area contributed by atoms with Gasteiger partial charge in [0.1, 0.15) is 0 Å². The van der Waals surface area contributed by atoms with Gasteiger partial charge in [-0.1, -0.05) is 37.1 Å². The van der Waals surface area contributed by atoms with Crippen LogP contribution < -0.4 is 5.32 Å². The highest BCUT2D eigenvalue weighted by atomic mass is 16.5. The highest BCUT2D eigenvalue weighted by molar-refractivity contribution is 5.86. The zero-order chi connectivity index (χ0) is 27.1. The number of nitrogens with one attached hydrogen (secondary N) is 1. The molecule has 39 heavy (non-hydrogen) atoms. The minimum atomic E-state index is -0.403. The summed E-state index contributed by atoms with van der Waals surface area (Å²) in [4.78, 5) is 11.9. The Bertz CT molecular complexity index is 1160. The highest BCUT2D eigenvalue weighted by Gasteiger charge is 2.59. The summed E-state index contributed by atoms with van der Waals surface area (Å²) in [5, 5.41) is 12.3. The van der Waals surface area contributed by atoms with E-state index in [0.717, 1.165) is 43.6 Å². The maximum absolute atomic E-state index is 11.9. The molecular formula is C32H48N4O3. The van der Waals surface area contributed by atoms with Gasteiger partial charge in [0.2, 0.25) is 0 Å². The van der Waals surface area contributed by atoms with Crippen LogP contribution in [-0.2, 0) is 9.47 Å². The SMILES string of the molecule is COC(=O)c1cn(C2CC[C@@]3(C)[C@H](CC[C@H]4[C@@H]5CC[C@@]6(CC(C)=C5C[C@@H]43)O[C@@H]3C[C@H](C)CN[C@H]3[C@H]6C)C2)nn1. The number of hydrogen-bond acceptors (Lipinski definition) is 6. The summed E-state index contributed by atoms with van der Waals surface area (Å²) < 4.78 is 13.9. The molecule has 2 aliphatic heterocycles. The molecule has 0 bridgehead atoms. The summed E-state index contributed by atoms with van der Waals surface area (Å²) >= 11 is 0. The smallest absolute Gasteiger partial charge is 0.360 e. The van der Waals surface area contributed by atoms with Gasteiger partial charge < -0.3 is 14.8 Å². The minimum Gasteiger partial charge on any atom is -0.464 e. The molecule has 0 amide bonds. The molecule has 3 heterocycles. The lowest BCUT2D eigenvalue weighted by atomic mass is 9.52. The lowest BCUT2D eigenvalue weighted by Gasteiger charge is -2.54. The number of ether oxygens (including phenoxy) is 2. The van der Waals surface area contributed by atoms with Crippen molar-refractivity contribution in [2.45, 2.75) is 116 Å². The minimum absolute atomic E-state index is 0.0311. The van der Waals surface area contributed by atoms with E-state index in [4.69, 9.17) is 9.47 Å². The van der Waals surface area contributed by atoms with Crippen molar-refractivity contribution in [1.82, 2.24) is 20.3 Å². The van der Waals surface area contributed by atoms with Gasteiger partial charge in [-0.15, -0.1) is 5.10 Å². The number of aromatic nitrogens is 3. The standard InChI is InChI=1S/C32H48N4O3/c1-18-12-28-29(33-16-18)20(3)32(39-28)11-9-23-24-7-6-21-13-22(36-17-27(34-35-36)30(37)38-5)8-10-31(21,4)26(24)14-25(23)19(2)15-32/h17-18,20-24,26,28-29,33H,6-16H2,1-5H3/t18-,20+,21+,22?,23-,24-,26-,28+,29-,31-,32-/m0/s1. The number of hydrogen-bond donors (Lipinski definition) is 1. The Kier molecular flexibility index (Phi) is 6.31. The number of rotatable bonds is 2. The van der Waals surface area contributed by atoms with Crippen LogP contribution in [0.4, 0.5) is 0 Å². The second-order valence-electron chi connectivity index (χ2n) is 14.7. The second kappa shape index (κ2) is 9.40. The van der Waals surface area contributed by atoms with Gasteiger partial charge >= 0.3 is 5.97 Å². The van der Waals surface area contributed by atoms with Gasteiger partial charge in [0.25, 0.3) is 0 Å². The number of nitrogens with zero attached hydrogens (tertiary/aromatic N) is 3. The van der Waals surface area contributed by atoms with Gasteiger partial charge in [0.05, 0.1) is 31.1 Å².